The largest absolute Gasteiger partial charge is 0.497 e. The summed E-state index contributed by atoms with van der Waals surface area (Å²) in [5, 5.41) is 0. The summed E-state index contributed by atoms with van der Waals surface area (Å²) in [5.74, 6) is 1.98. The van der Waals surface area contributed by atoms with Gasteiger partial charge >= 0.3 is 0 Å². The van der Waals surface area contributed by atoms with E-state index < -0.39 is 0 Å². The van der Waals surface area contributed by atoms with Crippen molar-refractivity contribution in [2.75, 3.05) is 14.2 Å². The molecule has 0 aliphatic heterocycles. The number of allylic oxidation sites excluding steroid dienone is 1. The Morgan fingerprint density at radius 2 is 1.54 bits per heavy atom. The van der Waals surface area contributed by atoms with Crippen LogP contribution in [0.5, 0.6) is 17.2 Å². The Kier molecular flexibility index (Phi) is 6.47. The minimum absolute atomic E-state index is 0.0903. The van der Waals surface area contributed by atoms with Crippen molar-refractivity contribution < 1.29 is 19.0 Å². The van der Waals surface area contributed by atoms with Crippen molar-refractivity contribution in [1.29, 1.82) is 0 Å². The fraction of sp³-hybridized carbons (Fsp3) is 0.125. The number of carbonyl (C=O) groups is 1. The molecule has 0 aliphatic carbocycles. The van der Waals surface area contributed by atoms with Gasteiger partial charge < -0.3 is 14.2 Å². The van der Waals surface area contributed by atoms with Gasteiger partial charge in [-0.25, -0.2) is 0 Å². The molecule has 0 spiro atoms. The zero-order valence-corrected chi connectivity index (χ0v) is 15.9. The summed E-state index contributed by atoms with van der Waals surface area (Å²) >= 11 is 0. The molecule has 142 valence electrons. The van der Waals surface area contributed by atoms with E-state index in [0.717, 1.165) is 11.1 Å². The van der Waals surface area contributed by atoms with Crippen LogP contribution in [0, 0.1) is 0 Å². The highest BCUT2D eigenvalue weighted by Gasteiger charge is 2.07. The van der Waals surface area contributed by atoms with Crippen molar-refractivity contribution in [2.24, 2.45) is 0 Å². The predicted octanol–water partition coefficient (Wildman–Crippen LogP) is 5.18. The minimum atomic E-state index is -0.0903. The molecule has 0 saturated carbocycles. The van der Waals surface area contributed by atoms with E-state index in [1.807, 2.05) is 48.5 Å². The van der Waals surface area contributed by atoms with Gasteiger partial charge in [-0.1, -0.05) is 30.3 Å². The average molecular weight is 374 g/mol. The first-order valence-electron chi connectivity index (χ1n) is 8.91. The van der Waals surface area contributed by atoms with Crippen molar-refractivity contribution in [3.63, 3.8) is 0 Å². The van der Waals surface area contributed by atoms with Gasteiger partial charge in [0.2, 0.25) is 0 Å². The monoisotopic (exact) mass is 374 g/mol. The Hall–Kier alpha value is -3.53. The second-order valence-electron chi connectivity index (χ2n) is 6.10. The standard InChI is InChI=1S/C24H22O4/c1-26-21-12-8-19(9-13-21)23(25)15-11-20-10-14-22(27-2)16-24(20)28-17-18-6-4-3-5-7-18/h3-16H,17H2,1-2H3/b15-11+. The van der Waals surface area contributed by atoms with E-state index in [0.29, 0.717) is 29.4 Å². The highest BCUT2D eigenvalue weighted by atomic mass is 16.5. The van der Waals surface area contributed by atoms with E-state index >= 15 is 0 Å². The third-order valence-electron chi connectivity index (χ3n) is 4.25. The highest BCUT2D eigenvalue weighted by molar-refractivity contribution is 6.07. The van der Waals surface area contributed by atoms with E-state index in [1.54, 1.807) is 50.6 Å². The van der Waals surface area contributed by atoms with Gasteiger partial charge in [-0.2, -0.15) is 0 Å². The van der Waals surface area contributed by atoms with Crippen LogP contribution in [0.3, 0.4) is 0 Å². The first-order chi connectivity index (χ1) is 13.7. The maximum absolute atomic E-state index is 12.4. The lowest BCUT2D eigenvalue weighted by Crippen LogP contribution is -1.98. The van der Waals surface area contributed by atoms with Crippen molar-refractivity contribution in [2.45, 2.75) is 6.61 Å². The first kappa shape index (κ1) is 19.2. The molecule has 3 aromatic rings. The van der Waals surface area contributed by atoms with Gasteiger partial charge in [0.05, 0.1) is 14.2 Å². The number of rotatable bonds is 8. The molecule has 0 radical (unpaired) electrons. The smallest absolute Gasteiger partial charge is 0.185 e. The fourth-order valence-electron chi connectivity index (χ4n) is 2.66. The van der Waals surface area contributed by atoms with Gasteiger partial charge in [-0.05, 0) is 54.1 Å². The van der Waals surface area contributed by atoms with Crippen LogP contribution in [0.4, 0.5) is 0 Å². The molecule has 0 amide bonds. The van der Waals surface area contributed by atoms with Crippen LogP contribution in [0.1, 0.15) is 21.5 Å². The normalized spacial score (nSPS) is 10.6. The molecule has 0 bridgehead atoms. The van der Waals surface area contributed by atoms with Crippen molar-refractivity contribution in [3.05, 3.63) is 95.6 Å². The second-order valence-corrected chi connectivity index (χ2v) is 6.10. The van der Waals surface area contributed by atoms with Gasteiger partial charge in [0, 0.05) is 17.2 Å². The van der Waals surface area contributed by atoms with Gasteiger partial charge in [-0.3, -0.25) is 4.79 Å². The summed E-state index contributed by atoms with van der Waals surface area (Å²) in [4.78, 5) is 12.4. The number of hydrogen-bond acceptors (Lipinski definition) is 4. The summed E-state index contributed by atoms with van der Waals surface area (Å²) in [5.41, 5.74) is 2.46. The maximum Gasteiger partial charge on any atom is 0.185 e. The van der Waals surface area contributed by atoms with Crippen LogP contribution in [0.15, 0.2) is 78.9 Å². The van der Waals surface area contributed by atoms with Gasteiger partial charge in [0.15, 0.2) is 5.78 Å². The van der Waals surface area contributed by atoms with E-state index in [1.165, 1.54) is 0 Å². The summed E-state index contributed by atoms with van der Waals surface area (Å²) in [7, 11) is 3.20. The quantitative estimate of drug-likeness (QED) is 0.403. The third-order valence-corrected chi connectivity index (χ3v) is 4.25. The lowest BCUT2D eigenvalue weighted by molar-refractivity contribution is 0.104. The number of ketones is 1. The first-order valence-corrected chi connectivity index (χ1v) is 8.91. The van der Waals surface area contributed by atoms with Crippen LogP contribution >= 0.6 is 0 Å². The van der Waals surface area contributed by atoms with E-state index in [-0.39, 0.29) is 5.78 Å². The summed E-state index contributed by atoms with van der Waals surface area (Å²) < 4.78 is 16.4. The van der Waals surface area contributed by atoms with E-state index in [9.17, 15) is 4.79 Å². The molecule has 0 aliphatic rings. The lowest BCUT2D eigenvalue weighted by atomic mass is 10.1. The Labute approximate surface area is 165 Å². The van der Waals surface area contributed by atoms with Crippen LogP contribution in [-0.2, 0) is 6.61 Å². The summed E-state index contributed by atoms with van der Waals surface area (Å²) in [6, 6.07) is 22.5. The molecule has 0 saturated heterocycles. The average Bonchev–Trinajstić information content (AvgIpc) is 2.77. The van der Waals surface area contributed by atoms with Crippen LogP contribution in [0.25, 0.3) is 6.08 Å². The van der Waals surface area contributed by atoms with Crippen molar-refractivity contribution >= 4 is 11.9 Å². The molecule has 0 N–H and O–H groups in total. The number of carbonyl (C=O) groups excluding carboxylic acids is 1. The lowest BCUT2D eigenvalue weighted by Gasteiger charge is -2.11. The van der Waals surface area contributed by atoms with Crippen molar-refractivity contribution in [1.82, 2.24) is 0 Å². The minimum Gasteiger partial charge on any atom is -0.497 e. The van der Waals surface area contributed by atoms with Crippen LogP contribution < -0.4 is 14.2 Å². The topological polar surface area (TPSA) is 44.8 Å². The molecule has 4 nitrogen and oxygen atoms in total. The Morgan fingerprint density at radius 1 is 0.857 bits per heavy atom. The Bertz CT molecular complexity index is 944. The SMILES string of the molecule is COc1ccc(C(=O)/C=C/c2ccc(OC)cc2OCc2ccccc2)cc1. The Morgan fingerprint density at radius 3 is 2.21 bits per heavy atom. The van der Waals surface area contributed by atoms with Crippen molar-refractivity contribution in [3.8, 4) is 17.2 Å². The molecule has 4 heteroatoms. The van der Waals surface area contributed by atoms with Crippen LogP contribution in [-0.4, -0.2) is 20.0 Å². The van der Waals surface area contributed by atoms with E-state index in [4.69, 9.17) is 14.2 Å². The highest BCUT2D eigenvalue weighted by Crippen LogP contribution is 2.27. The maximum atomic E-state index is 12.4. The zero-order chi connectivity index (χ0) is 19.8. The van der Waals surface area contributed by atoms with Gasteiger partial charge in [-0.15, -0.1) is 0 Å². The molecule has 0 heterocycles. The van der Waals surface area contributed by atoms with Crippen LogP contribution in [0.2, 0.25) is 0 Å². The molecule has 0 atom stereocenters. The number of ether oxygens (including phenoxy) is 3. The molecule has 0 aromatic heterocycles. The van der Waals surface area contributed by atoms with Gasteiger partial charge in [0.1, 0.15) is 23.9 Å². The molecule has 28 heavy (non-hydrogen) atoms. The molecular formula is C24H22O4. The summed E-state index contributed by atoms with van der Waals surface area (Å²) in [6.07, 6.45) is 3.30. The second kappa shape index (κ2) is 9.42. The number of hydrogen-bond donors (Lipinski definition) is 0. The fourth-order valence-corrected chi connectivity index (χ4v) is 2.66. The molecule has 3 aromatic carbocycles. The van der Waals surface area contributed by atoms with E-state index in [2.05, 4.69) is 0 Å². The zero-order valence-electron chi connectivity index (χ0n) is 15.9. The number of benzene rings is 3. The molecular weight excluding hydrogens is 352 g/mol. The third kappa shape index (κ3) is 5.01. The van der Waals surface area contributed by atoms with Gasteiger partial charge in [0.25, 0.3) is 0 Å². The predicted molar refractivity (Wildman–Crippen MR) is 110 cm³/mol. The Balaban J connectivity index is 1.77. The molecule has 3 rings (SSSR count). The molecule has 0 unspecified atom stereocenters. The molecule has 0 fully saturated rings. The number of methoxy groups -OCH3 is 2. The summed E-state index contributed by atoms with van der Waals surface area (Å²) in [6.45, 7) is 0.432.